The lowest BCUT2D eigenvalue weighted by atomic mass is 10.1. The zero-order valence-corrected chi connectivity index (χ0v) is 14.8. The van der Waals surface area contributed by atoms with Crippen LogP contribution in [0, 0.1) is 0 Å². The Hall–Kier alpha value is -3.71. The summed E-state index contributed by atoms with van der Waals surface area (Å²) in [5, 5.41) is 12.9. The maximum Gasteiger partial charge on any atom is 0.277 e. The molecule has 0 radical (unpaired) electrons. The number of amides is 2. The number of carbonyl (C=O) groups is 2. The van der Waals surface area contributed by atoms with E-state index in [4.69, 9.17) is 4.74 Å². The van der Waals surface area contributed by atoms with Gasteiger partial charge in [0.15, 0.2) is 0 Å². The molecule has 1 aliphatic heterocycles. The van der Waals surface area contributed by atoms with Crippen molar-refractivity contribution in [1.29, 1.82) is 0 Å². The SMILES string of the molecule is O=C(Nc1ccc2c(c1)CN(O)C2=O)c1ccc(OCc2ccccc2)cn1. The van der Waals surface area contributed by atoms with Gasteiger partial charge in [-0.2, -0.15) is 0 Å². The van der Waals surface area contributed by atoms with Crippen LogP contribution in [0.1, 0.15) is 32.0 Å². The lowest BCUT2D eigenvalue weighted by Gasteiger charge is -2.08. The number of rotatable bonds is 5. The molecule has 2 amide bonds. The van der Waals surface area contributed by atoms with Gasteiger partial charge < -0.3 is 10.1 Å². The molecule has 0 spiro atoms. The summed E-state index contributed by atoms with van der Waals surface area (Å²) < 4.78 is 5.66. The number of aromatic nitrogens is 1. The molecule has 0 saturated heterocycles. The monoisotopic (exact) mass is 375 g/mol. The van der Waals surface area contributed by atoms with E-state index < -0.39 is 5.91 Å². The Morgan fingerprint density at radius 1 is 1.14 bits per heavy atom. The molecule has 0 unspecified atom stereocenters. The molecule has 1 aliphatic rings. The Balaban J connectivity index is 1.39. The van der Waals surface area contributed by atoms with Crippen LogP contribution in [0.3, 0.4) is 0 Å². The molecule has 0 saturated carbocycles. The van der Waals surface area contributed by atoms with Crippen molar-refractivity contribution in [3.8, 4) is 5.75 Å². The predicted molar refractivity (Wildman–Crippen MR) is 101 cm³/mol. The average molecular weight is 375 g/mol. The summed E-state index contributed by atoms with van der Waals surface area (Å²) in [5.74, 6) is -0.250. The molecule has 2 heterocycles. The minimum atomic E-state index is -0.444. The molecule has 0 atom stereocenters. The largest absolute Gasteiger partial charge is 0.487 e. The molecule has 7 nitrogen and oxygen atoms in total. The molecule has 3 aromatic rings. The number of carbonyl (C=O) groups excluding carboxylic acids is 2. The number of nitrogens with zero attached hydrogens (tertiary/aromatic N) is 2. The zero-order valence-electron chi connectivity index (χ0n) is 14.8. The van der Waals surface area contributed by atoms with Crippen LogP contribution in [0.25, 0.3) is 0 Å². The van der Waals surface area contributed by atoms with Gasteiger partial charge in [-0.3, -0.25) is 14.8 Å². The van der Waals surface area contributed by atoms with E-state index in [1.807, 2.05) is 30.3 Å². The van der Waals surface area contributed by atoms with Gasteiger partial charge in [0.2, 0.25) is 0 Å². The number of hydrogen-bond acceptors (Lipinski definition) is 5. The van der Waals surface area contributed by atoms with Crippen molar-refractivity contribution in [3.63, 3.8) is 0 Å². The lowest BCUT2D eigenvalue weighted by molar-refractivity contribution is -0.0579. The fraction of sp³-hybridized carbons (Fsp3) is 0.0952. The third kappa shape index (κ3) is 3.70. The quantitative estimate of drug-likeness (QED) is 0.668. The standard InChI is InChI=1S/C21H17N3O4/c25-20(23-16-6-8-18-15(10-16)12-24(27)21(18)26)19-9-7-17(11-22-19)28-13-14-4-2-1-3-5-14/h1-11,27H,12-13H2,(H,23,25). The van der Waals surface area contributed by atoms with Crippen molar-refractivity contribution in [2.45, 2.75) is 13.2 Å². The van der Waals surface area contributed by atoms with E-state index in [2.05, 4.69) is 10.3 Å². The highest BCUT2D eigenvalue weighted by Gasteiger charge is 2.26. The van der Waals surface area contributed by atoms with Gasteiger partial charge in [0.1, 0.15) is 18.1 Å². The summed E-state index contributed by atoms with van der Waals surface area (Å²) in [6.07, 6.45) is 1.50. The number of anilines is 1. The average Bonchev–Trinajstić information content (AvgIpc) is 3.00. The molecule has 0 aliphatic carbocycles. The first kappa shape index (κ1) is 17.7. The first-order valence-electron chi connectivity index (χ1n) is 8.68. The first-order valence-corrected chi connectivity index (χ1v) is 8.68. The van der Waals surface area contributed by atoms with E-state index >= 15 is 0 Å². The number of ether oxygens (including phenoxy) is 1. The van der Waals surface area contributed by atoms with Gasteiger partial charge in [-0.1, -0.05) is 30.3 Å². The summed E-state index contributed by atoms with van der Waals surface area (Å²) in [7, 11) is 0. The lowest BCUT2D eigenvalue weighted by Crippen LogP contribution is -2.18. The van der Waals surface area contributed by atoms with Crippen molar-refractivity contribution < 1.29 is 19.5 Å². The Bertz CT molecular complexity index is 1020. The maximum absolute atomic E-state index is 12.4. The van der Waals surface area contributed by atoms with Crippen LogP contribution in [0.2, 0.25) is 0 Å². The van der Waals surface area contributed by atoms with Crippen LogP contribution in [0.4, 0.5) is 5.69 Å². The molecule has 140 valence electrons. The van der Waals surface area contributed by atoms with Crippen LogP contribution < -0.4 is 10.1 Å². The van der Waals surface area contributed by atoms with Gasteiger partial charge >= 0.3 is 0 Å². The molecule has 0 bridgehead atoms. The molecule has 28 heavy (non-hydrogen) atoms. The van der Waals surface area contributed by atoms with Gasteiger partial charge in [0, 0.05) is 11.3 Å². The van der Waals surface area contributed by atoms with E-state index in [9.17, 15) is 14.8 Å². The zero-order chi connectivity index (χ0) is 19.5. The van der Waals surface area contributed by atoms with E-state index in [1.54, 1.807) is 30.3 Å². The van der Waals surface area contributed by atoms with E-state index in [0.717, 1.165) is 5.56 Å². The minimum Gasteiger partial charge on any atom is -0.487 e. The van der Waals surface area contributed by atoms with Gasteiger partial charge in [-0.25, -0.2) is 10.0 Å². The molecular weight excluding hydrogens is 358 g/mol. The van der Waals surface area contributed by atoms with E-state index in [0.29, 0.717) is 34.2 Å². The van der Waals surface area contributed by atoms with Crippen LogP contribution in [-0.2, 0) is 13.2 Å². The van der Waals surface area contributed by atoms with Crippen LogP contribution in [0.15, 0.2) is 66.9 Å². The molecule has 2 aromatic carbocycles. The second-order valence-electron chi connectivity index (χ2n) is 6.34. The molecule has 4 rings (SSSR count). The second kappa shape index (κ2) is 7.50. The number of fused-ring (bicyclic) bond motifs is 1. The summed E-state index contributed by atoms with van der Waals surface area (Å²) in [6.45, 7) is 0.521. The Labute approximate surface area is 161 Å². The highest BCUT2D eigenvalue weighted by molar-refractivity contribution is 6.04. The van der Waals surface area contributed by atoms with Crippen molar-refractivity contribution in [1.82, 2.24) is 10.0 Å². The first-order chi connectivity index (χ1) is 13.6. The normalized spacial score (nSPS) is 12.6. The number of nitrogens with one attached hydrogen (secondary N) is 1. The molecular formula is C21H17N3O4. The summed E-state index contributed by atoms with van der Waals surface area (Å²) in [6, 6.07) is 17.9. The van der Waals surface area contributed by atoms with Crippen molar-refractivity contribution in [2.75, 3.05) is 5.32 Å². The van der Waals surface area contributed by atoms with Crippen LogP contribution >= 0.6 is 0 Å². The Morgan fingerprint density at radius 3 is 2.71 bits per heavy atom. The van der Waals surface area contributed by atoms with Gasteiger partial charge in [0.25, 0.3) is 11.8 Å². The Morgan fingerprint density at radius 2 is 1.96 bits per heavy atom. The number of hydrogen-bond donors (Lipinski definition) is 2. The third-order valence-electron chi connectivity index (χ3n) is 4.37. The topological polar surface area (TPSA) is 91.8 Å². The van der Waals surface area contributed by atoms with Crippen LogP contribution in [0.5, 0.6) is 5.75 Å². The molecule has 0 fully saturated rings. The molecule has 2 N–H and O–H groups in total. The Kier molecular flexibility index (Phi) is 4.74. The summed E-state index contributed by atoms with van der Waals surface area (Å²) >= 11 is 0. The smallest absolute Gasteiger partial charge is 0.277 e. The van der Waals surface area contributed by atoms with Gasteiger partial charge in [-0.15, -0.1) is 0 Å². The predicted octanol–water partition coefficient (Wildman–Crippen LogP) is 3.26. The van der Waals surface area contributed by atoms with Crippen molar-refractivity contribution >= 4 is 17.5 Å². The molecule has 7 heteroatoms. The number of pyridine rings is 1. The van der Waals surface area contributed by atoms with Crippen LogP contribution in [-0.4, -0.2) is 27.1 Å². The molecule has 1 aromatic heterocycles. The van der Waals surface area contributed by atoms with Gasteiger partial charge in [-0.05, 0) is 41.5 Å². The minimum absolute atomic E-state index is 0.101. The van der Waals surface area contributed by atoms with Gasteiger partial charge in [0.05, 0.1) is 12.7 Å². The highest BCUT2D eigenvalue weighted by Crippen LogP contribution is 2.24. The third-order valence-corrected chi connectivity index (χ3v) is 4.37. The van der Waals surface area contributed by atoms with E-state index in [1.165, 1.54) is 6.20 Å². The number of hydroxylamine groups is 2. The summed E-state index contributed by atoms with van der Waals surface area (Å²) in [5.41, 5.74) is 2.90. The van der Waals surface area contributed by atoms with Crippen molar-refractivity contribution in [2.24, 2.45) is 0 Å². The maximum atomic E-state index is 12.4. The highest BCUT2D eigenvalue weighted by atomic mass is 16.5. The van der Waals surface area contributed by atoms with E-state index in [-0.39, 0.29) is 18.1 Å². The fourth-order valence-electron chi connectivity index (χ4n) is 2.92. The fourth-order valence-corrected chi connectivity index (χ4v) is 2.92. The second-order valence-corrected chi connectivity index (χ2v) is 6.34. The number of benzene rings is 2. The van der Waals surface area contributed by atoms with Crippen molar-refractivity contribution in [3.05, 3.63) is 89.2 Å². The summed E-state index contributed by atoms with van der Waals surface area (Å²) in [4.78, 5) is 28.2.